The second-order valence-electron chi connectivity index (χ2n) is 5.14. The molecule has 0 saturated heterocycles. The van der Waals surface area contributed by atoms with Crippen LogP contribution in [0, 0.1) is 10.1 Å². The number of rotatable bonds is 7. The number of para-hydroxylation sites is 2. The van der Waals surface area contributed by atoms with Gasteiger partial charge in [-0.2, -0.15) is 0 Å². The molecule has 0 bridgehead atoms. The standard InChI is InChI=1S/C14H20N2O5/c1-10(2)15-14(3,13(17)20-4)9-21-12-8-6-5-7-11(12)16(18)19/h5-8,10,15H,9H2,1-4H3. The molecule has 7 nitrogen and oxygen atoms in total. The number of ether oxygens (including phenoxy) is 2. The minimum Gasteiger partial charge on any atom is -0.484 e. The van der Waals surface area contributed by atoms with Gasteiger partial charge in [0.2, 0.25) is 0 Å². The van der Waals surface area contributed by atoms with Crippen LogP contribution in [0.4, 0.5) is 5.69 Å². The Bertz CT molecular complexity index is 518. The zero-order valence-corrected chi connectivity index (χ0v) is 12.6. The Morgan fingerprint density at radius 2 is 2.05 bits per heavy atom. The summed E-state index contributed by atoms with van der Waals surface area (Å²) in [4.78, 5) is 22.3. The number of nitrogens with one attached hydrogen (secondary N) is 1. The van der Waals surface area contributed by atoms with Gasteiger partial charge < -0.3 is 9.47 Å². The number of carbonyl (C=O) groups excluding carboxylic acids is 1. The van der Waals surface area contributed by atoms with Crippen LogP contribution in [-0.2, 0) is 9.53 Å². The fourth-order valence-corrected chi connectivity index (χ4v) is 1.97. The highest BCUT2D eigenvalue weighted by atomic mass is 16.6. The number of nitrogens with zero attached hydrogens (tertiary/aromatic N) is 1. The van der Waals surface area contributed by atoms with Gasteiger partial charge in [-0.05, 0) is 26.8 Å². The van der Waals surface area contributed by atoms with E-state index in [1.807, 2.05) is 13.8 Å². The summed E-state index contributed by atoms with van der Waals surface area (Å²) in [5.41, 5.74) is -1.23. The quantitative estimate of drug-likeness (QED) is 0.469. The monoisotopic (exact) mass is 296 g/mol. The summed E-state index contributed by atoms with van der Waals surface area (Å²) in [7, 11) is 1.29. The van der Waals surface area contributed by atoms with Crippen molar-refractivity contribution in [3.63, 3.8) is 0 Å². The molecule has 1 N–H and O–H groups in total. The van der Waals surface area contributed by atoms with E-state index < -0.39 is 16.4 Å². The normalized spacial score (nSPS) is 13.6. The van der Waals surface area contributed by atoms with Gasteiger partial charge in [0, 0.05) is 12.1 Å². The van der Waals surface area contributed by atoms with Gasteiger partial charge in [0.15, 0.2) is 5.75 Å². The van der Waals surface area contributed by atoms with Gasteiger partial charge in [0.05, 0.1) is 12.0 Å². The molecule has 0 aliphatic carbocycles. The third-order valence-electron chi connectivity index (χ3n) is 2.82. The summed E-state index contributed by atoms with van der Waals surface area (Å²) in [6.45, 7) is 5.31. The van der Waals surface area contributed by atoms with E-state index in [0.717, 1.165) is 0 Å². The van der Waals surface area contributed by atoms with Gasteiger partial charge in [-0.15, -0.1) is 0 Å². The van der Waals surface area contributed by atoms with Crippen molar-refractivity contribution in [3.8, 4) is 5.75 Å². The van der Waals surface area contributed by atoms with Crippen molar-refractivity contribution >= 4 is 11.7 Å². The zero-order valence-electron chi connectivity index (χ0n) is 12.6. The zero-order chi connectivity index (χ0) is 16.0. The number of carbonyl (C=O) groups is 1. The Morgan fingerprint density at radius 1 is 1.43 bits per heavy atom. The highest BCUT2D eigenvalue weighted by Gasteiger charge is 2.36. The summed E-state index contributed by atoms with van der Waals surface area (Å²) in [6.07, 6.45) is 0. The second-order valence-corrected chi connectivity index (χ2v) is 5.14. The van der Waals surface area contributed by atoms with E-state index in [2.05, 4.69) is 5.32 Å². The van der Waals surface area contributed by atoms with Crippen LogP contribution >= 0.6 is 0 Å². The van der Waals surface area contributed by atoms with Crippen LogP contribution in [0.2, 0.25) is 0 Å². The molecular weight excluding hydrogens is 276 g/mol. The van der Waals surface area contributed by atoms with Crippen LogP contribution in [-0.4, -0.2) is 36.2 Å². The van der Waals surface area contributed by atoms with Crippen molar-refractivity contribution in [2.24, 2.45) is 0 Å². The molecule has 21 heavy (non-hydrogen) atoms. The SMILES string of the molecule is COC(=O)C(C)(COc1ccccc1[N+](=O)[O-])NC(C)C. The fraction of sp³-hybridized carbons (Fsp3) is 0.500. The van der Waals surface area contributed by atoms with Crippen molar-refractivity contribution in [1.29, 1.82) is 0 Å². The van der Waals surface area contributed by atoms with E-state index in [-0.39, 0.29) is 24.1 Å². The fourth-order valence-electron chi connectivity index (χ4n) is 1.97. The molecule has 1 aromatic rings. The number of esters is 1. The number of hydrogen-bond donors (Lipinski definition) is 1. The molecule has 0 fully saturated rings. The summed E-state index contributed by atoms with van der Waals surface area (Å²) >= 11 is 0. The molecule has 1 unspecified atom stereocenters. The second kappa shape index (κ2) is 7.03. The number of nitro groups is 1. The number of nitro benzene ring substituents is 1. The largest absolute Gasteiger partial charge is 0.484 e. The topological polar surface area (TPSA) is 90.7 Å². The first-order chi connectivity index (χ1) is 9.80. The molecule has 0 amide bonds. The molecule has 1 rings (SSSR count). The van der Waals surface area contributed by atoms with Crippen LogP contribution in [0.3, 0.4) is 0 Å². The average molecular weight is 296 g/mol. The van der Waals surface area contributed by atoms with Crippen LogP contribution in [0.5, 0.6) is 5.75 Å². The van der Waals surface area contributed by atoms with Gasteiger partial charge in [0.25, 0.3) is 0 Å². The Morgan fingerprint density at radius 3 is 2.57 bits per heavy atom. The first-order valence-corrected chi connectivity index (χ1v) is 6.52. The van der Waals surface area contributed by atoms with Crippen LogP contribution in [0.1, 0.15) is 20.8 Å². The van der Waals surface area contributed by atoms with Gasteiger partial charge in [0.1, 0.15) is 12.1 Å². The predicted octanol–water partition coefficient (Wildman–Crippen LogP) is 1.90. The van der Waals surface area contributed by atoms with Crippen molar-refractivity contribution in [3.05, 3.63) is 34.4 Å². The predicted molar refractivity (Wildman–Crippen MR) is 77.3 cm³/mol. The van der Waals surface area contributed by atoms with Gasteiger partial charge >= 0.3 is 11.7 Å². The van der Waals surface area contributed by atoms with Crippen molar-refractivity contribution in [2.75, 3.05) is 13.7 Å². The third-order valence-corrected chi connectivity index (χ3v) is 2.82. The smallest absolute Gasteiger partial charge is 0.329 e. The number of methoxy groups -OCH3 is 1. The lowest BCUT2D eigenvalue weighted by molar-refractivity contribution is -0.385. The van der Waals surface area contributed by atoms with Gasteiger partial charge in [-0.1, -0.05) is 12.1 Å². The highest BCUT2D eigenvalue weighted by molar-refractivity contribution is 5.80. The van der Waals surface area contributed by atoms with E-state index >= 15 is 0 Å². The number of hydrogen-bond acceptors (Lipinski definition) is 6. The van der Waals surface area contributed by atoms with Crippen molar-refractivity contribution < 1.29 is 19.2 Å². The summed E-state index contributed by atoms with van der Waals surface area (Å²) in [5, 5.41) is 14.0. The molecular formula is C14H20N2O5. The average Bonchev–Trinajstić information content (AvgIpc) is 2.43. The molecule has 7 heteroatoms. The lowest BCUT2D eigenvalue weighted by Gasteiger charge is -2.29. The van der Waals surface area contributed by atoms with Crippen LogP contribution in [0.25, 0.3) is 0 Å². The molecule has 0 aliphatic rings. The van der Waals surface area contributed by atoms with Crippen LogP contribution in [0.15, 0.2) is 24.3 Å². The van der Waals surface area contributed by atoms with E-state index in [9.17, 15) is 14.9 Å². The van der Waals surface area contributed by atoms with Gasteiger partial charge in [-0.25, -0.2) is 4.79 Å². The highest BCUT2D eigenvalue weighted by Crippen LogP contribution is 2.26. The molecule has 0 aromatic heterocycles. The first kappa shape index (κ1) is 16.9. The summed E-state index contributed by atoms with van der Waals surface area (Å²) in [6, 6.07) is 6.04. The minimum absolute atomic E-state index is 0.0171. The van der Waals surface area contributed by atoms with E-state index in [4.69, 9.17) is 9.47 Å². The number of benzene rings is 1. The van der Waals surface area contributed by atoms with E-state index in [0.29, 0.717) is 0 Å². The maximum atomic E-state index is 11.9. The van der Waals surface area contributed by atoms with Crippen molar-refractivity contribution in [1.82, 2.24) is 5.32 Å². The molecule has 0 heterocycles. The maximum Gasteiger partial charge on any atom is 0.329 e. The minimum atomic E-state index is -1.09. The Balaban J connectivity index is 2.92. The maximum absolute atomic E-state index is 11.9. The molecule has 1 aromatic carbocycles. The first-order valence-electron chi connectivity index (χ1n) is 6.52. The van der Waals surface area contributed by atoms with Crippen LogP contribution < -0.4 is 10.1 Å². The molecule has 0 saturated carbocycles. The Kier molecular flexibility index (Phi) is 5.66. The molecule has 0 aliphatic heterocycles. The lowest BCUT2D eigenvalue weighted by Crippen LogP contribution is -2.56. The molecule has 0 spiro atoms. The Hall–Kier alpha value is -2.15. The molecule has 1 atom stereocenters. The van der Waals surface area contributed by atoms with Gasteiger partial charge in [-0.3, -0.25) is 15.4 Å². The Labute approximate surface area is 123 Å². The summed E-state index contributed by atoms with van der Waals surface area (Å²) < 4.78 is 10.2. The van der Waals surface area contributed by atoms with E-state index in [1.165, 1.54) is 19.2 Å². The third kappa shape index (κ3) is 4.42. The van der Waals surface area contributed by atoms with Crippen molar-refractivity contribution in [2.45, 2.75) is 32.4 Å². The molecule has 0 radical (unpaired) electrons. The molecule has 116 valence electrons. The lowest BCUT2D eigenvalue weighted by atomic mass is 10.0. The summed E-state index contributed by atoms with van der Waals surface area (Å²) in [5.74, 6) is -0.377. The van der Waals surface area contributed by atoms with E-state index in [1.54, 1.807) is 19.1 Å².